The molecule has 0 saturated carbocycles. The molecule has 0 aliphatic carbocycles. The molecule has 39 heavy (non-hydrogen) atoms. The maximum absolute atomic E-state index is 13.0. The molecular weight excluding hydrogens is 540 g/mol. The number of nitrogens with zero attached hydrogens (tertiary/aromatic N) is 3. The van der Waals surface area contributed by atoms with Gasteiger partial charge in [-0.25, -0.2) is 8.72 Å². The third-order valence-electron chi connectivity index (χ3n) is 7.17. The van der Waals surface area contributed by atoms with E-state index in [2.05, 4.69) is 32.3 Å². The van der Waals surface area contributed by atoms with Crippen LogP contribution in [0.1, 0.15) is 84.7 Å². The molecule has 1 unspecified atom stereocenters. The number of anilines is 1. The Morgan fingerprint density at radius 3 is 2.54 bits per heavy atom. The second-order valence-electron chi connectivity index (χ2n) is 10.7. The highest BCUT2D eigenvalue weighted by Gasteiger charge is 2.43. The minimum Gasteiger partial charge on any atom is -0.482 e. The van der Waals surface area contributed by atoms with Crippen LogP contribution in [-0.2, 0) is 25.7 Å². The Balaban J connectivity index is 1.54. The van der Waals surface area contributed by atoms with Gasteiger partial charge in [-0.2, -0.15) is 0 Å². The number of unbranched alkanes of at least 4 members (excludes halogenated alkanes) is 5. The molecule has 3 N–H and O–H groups in total. The fourth-order valence-corrected chi connectivity index (χ4v) is 4.94. The van der Waals surface area contributed by atoms with Gasteiger partial charge in [-0.05, 0) is 39.3 Å². The molecule has 3 rings (SSSR count). The molecule has 0 radical (unpaired) electrons. The topological polar surface area (TPSA) is 123 Å². The van der Waals surface area contributed by atoms with Crippen LogP contribution in [0.3, 0.4) is 0 Å². The summed E-state index contributed by atoms with van der Waals surface area (Å²) in [7, 11) is 0. The van der Waals surface area contributed by atoms with Gasteiger partial charge >= 0.3 is 0 Å². The van der Waals surface area contributed by atoms with Crippen molar-refractivity contribution >= 4 is 40.1 Å². The Morgan fingerprint density at radius 2 is 1.79 bits per heavy atom. The van der Waals surface area contributed by atoms with Crippen LogP contribution in [0, 0.1) is 6.92 Å². The molecule has 2 heterocycles. The van der Waals surface area contributed by atoms with Gasteiger partial charge in [0.1, 0.15) is 10.8 Å². The van der Waals surface area contributed by atoms with Crippen molar-refractivity contribution in [3.63, 3.8) is 0 Å². The first kappa shape index (κ1) is 30.9. The molecule has 0 bridgehead atoms. The van der Waals surface area contributed by atoms with Crippen molar-refractivity contribution in [2.45, 2.75) is 91.0 Å². The van der Waals surface area contributed by atoms with Gasteiger partial charge in [0.2, 0.25) is 0 Å². The Morgan fingerprint density at radius 1 is 1.10 bits per heavy atom. The molecule has 3 aromatic rings. The van der Waals surface area contributed by atoms with Crippen LogP contribution in [-0.4, -0.2) is 48.7 Å². The van der Waals surface area contributed by atoms with Gasteiger partial charge in [-0.3, -0.25) is 18.8 Å². The molecule has 1 amide bonds. The van der Waals surface area contributed by atoms with Gasteiger partial charge in [0, 0.05) is 11.0 Å². The number of para-hydroxylation sites is 2. The Labute approximate surface area is 238 Å². The van der Waals surface area contributed by atoms with E-state index < -0.39 is 22.2 Å². The van der Waals surface area contributed by atoms with Crippen molar-refractivity contribution in [2.75, 3.05) is 17.9 Å². The van der Waals surface area contributed by atoms with Crippen LogP contribution in [0.5, 0.6) is 5.75 Å². The van der Waals surface area contributed by atoms with Gasteiger partial charge < -0.3 is 10.1 Å². The molecule has 0 saturated heterocycles. The lowest BCUT2D eigenvalue weighted by Crippen LogP contribution is -2.57. The van der Waals surface area contributed by atoms with E-state index >= 15 is 0 Å². The summed E-state index contributed by atoms with van der Waals surface area (Å²) in [6.07, 6.45) is 6.74. The number of halogens is 1. The second kappa shape index (κ2) is 13.6. The molecule has 0 aliphatic heterocycles. The highest BCUT2D eigenvalue weighted by Crippen LogP contribution is 2.35. The fourth-order valence-electron chi connectivity index (χ4n) is 4.10. The van der Waals surface area contributed by atoms with Crippen LogP contribution in [0.25, 0.3) is 5.65 Å². The zero-order chi connectivity index (χ0) is 28.6. The maximum atomic E-state index is 13.0. The normalized spacial score (nSPS) is 13.0. The number of ether oxygens (including phenoxy) is 1. The SMILES string of the molecule is CCCCCCCCOS(=O)Nc1ccccc1OCC(=O)NC(C)(C)C(C)(C)c1nnc2c(Cl)c(C)[nH]n12. The molecule has 12 heteroatoms. The number of amides is 1. The number of carbonyl (C=O) groups is 1. The molecule has 0 fully saturated rings. The number of carbonyl (C=O) groups excluding carboxylic acids is 1. The number of aromatic nitrogens is 4. The lowest BCUT2D eigenvalue weighted by Gasteiger charge is -2.40. The van der Waals surface area contributed by atoms with Crippen molar-refractivity contribution < 1.29 is 17.9 Å². The summed E-state index contributed by atoms with van der Waals surface area (Å²) in [5.41, 5.74) is 0.448. The standard InChI is InChI=1S/C27H41ClN6O4S/c1-7-8-9-10-11-14-17-38-39(36)33-20-15-12-13-16-21(20)37-18-22(35)29-27(5,6)26(3,4)25-31-30-24-23(28)19(2)32-34(24)25/h12-13,15-16,32-33H,7-11,14,17-18H2,1-6H3,(H,29,35). The first-order valence-corrected chi connectivity index (χ1v) is 14.9. The third-order valence-corrected chi connectivity index (χ3v) is 8.39. The van der Waals surface area contributed by atoms with Gasteiger partial charge in [0.25, 0.3) is 17.2 Å². The predicted octanol–water partition coefficient (Wildman–Crippen LogP) is 5.64. The van der Waals surface area contributed by atoms with E-state index in [1.165, 1.54) is 19.3 Å². The smallest absolute Gasteiger partial charge is 0.261 e. The molecule has 2 aromatic heterocycles. The van der Waals surface area contributed by atoms with Crippen LogP contribution in [0.15, 0.2) is 24.3 Å². The van der Waals surface area contributed by atoms with Gasteiger partial charge in [-0.1, -0.05) is 76.6 Å². The molecule has 0 aliphatic rings. The van der Waals surface area contributed by atoms with Crippen molar-refractivity contribution in [3.05, 3.63) is 40.8 Å². The summed E-state index contributed by atoms with van der Waals surface area (Å²) in [6, 6.07) is 7.01. The molecular formula is C27H41ClN6O4S. The van der Waals surface area contributed by atoms with Crippen LogP contribution in [0.4, 0.5) is 5.69 Å². The van der Waals surface area contributed by atoms with Crippen molar-refractivity contribution in [3.8, 4) is 5.75 Å². The van der Waals surface area contributed by atoms with Crippen molar-refractivity contribution in [1.29, 1.82) is 0 Å². The lowest BCUT2D eigenvalue weighted by molar-refractivity contribution is -0.125. The minimum absolute atomic E-state index is 0.230. The third kappa shape index (κ3) is 7.73. The minimum atomic E-state index is -1.72. The van der Waals surface area contributed by atoms with Crippen LogP contribution >= 0.6 is 11.6 Å². The number of nitrogens with one attached hydrogen (secondary N) is 3. The Bertz CT molecular complexity index is 1270. The van der Waals surface area contributed by atoms with E-state index in [0.717, 1.165) is 25.0 Å². The molecule has 0 spiro atoms. The maximum Gasteiger partial charge on any atom is 0.261 e. The number of fused-ring (bicyclic) bond motifs is 1. The molecule has 10 nitrogen and oxygen atoms in total. The van der Waals surface area contributed by atoms with Crippen LogP contribution < -0.4 is 14.8 Å². The van der Waals surface area contributed by atoms with E-state index in [1.807, 2.05) is 34.6 Å². The van der Waals surface area contributed by atoms with Crippen molar-refractivity contribution in [1.82, 2.24) is 25.1 Å². The van der Waals surface area contributed by atoms with E-state index in [9.17, 15) is 9.00 Å². The first-order chi connectivity index (χ1) is 18.5. The number of benzene rings is 1. The van der Waals surface area contributed by atoms with E-state index in [4.69, 9.17) is 20.5 Å². The van der Waals surface area contributed by atoms with Crippen molar-refractivity contribution in [2.24, 2.45) is 0 Å². The number of aromatic amines is 1. The predicted molar refractivity (Wildman–Crippen MR) is 155 cm³/mol. The van der Waals surface area contributed by atoms with E-state index in [0.29, 0.717) is 34.5 Å². The average Bonchev–Trinajstić information content (AvgIpc) is 3.42. The lowest BCUT2D eigenvalue weighted by atomic mass is 9.73. The quantitative estimate of drug-likeness (QED) is 0.188. The monoisotopic (exact) mass is 580 g/mol. The highest BCUT2D eigenvalue weighted by atomic mass is 35.5. The van der Waals surface area contributed by atoms with Crippen LogP contribution in [0.2, 0.25) is 5.02 Å². The molecule has 1 aromatic carbocycles. The van der Waals surface area contributed by atoms with E-state index in [1.54, 1.807) is 28.8 Å². The summed E-state index contributed by atoms with van der Waals surface area (Å²) >= 11 is 4.61. The summed E-state index contributed by atoms with van der Waals surface area (Å²) < 4.78 is 28.2. The molecule has 1 atom stereocenters. The summed E-state index contributed by atoms with van der Waals surface area (Å²) in [5.74, 6) is 0.721. The Hall–Kier alpha value is -2.63. The average molecular weight is 581 g/mol. The second-order valence-corrected chi connectivity index (χ2v) is 12.0. The number of H-pyrrole nitrogens is 1. The number of rotatable bonds is 16. The molecule has 216 valence electrons. The van der Waals surface area contributed by atoms with E-state index in [-0.39, 0.29) is 12.5 Å². The number of aryl methyl sites for hydroxylation is 1. The summed E-state index contributed by atoms with van der Waals surface area (Å²) in [6.45, 7) is 12.0. The first-order valence-electron chi connectivity index (χ1n) is 13.4. The zero-order valence-corrected chi connectivity index (χ0v) is 25.3. The summed E-state index contributed by atoms with van der Waals surface area (Å²) in [4.78, 5) is 13.0. The largest absolute Gasteiger partial charge is 0.482 e. The summed E-state index contributed by atoms with van der Waals surface area (Å²) in [5, 5.41) is 15.3. The van der Waals surface area contributed by atoms with Gasteiger partial charge in [-0.15, -0.1) is 10.2 Å². The zero-order valence-electron chi connectivity index (χ0n) is 23.7. The fraction of sp³-hybridized carbons (Fsp3) is 0.593. The van der Waals surface area contributed by atoms with Gasteiger partial charge in [0.15, 0.2) is 18.1 Å². The number of hydrogen-bond donors (Lipinski definition) is 3. The highest BCUT2D eigenvalue weighted by molar-refractivity contribution is 7.81. The van der Waals surface area contributed by atoms with Gasteiger partial charge in [0.05, 0.1) is 18.0 Å². The Kier molecular flexibility index (Phi) is 10.8. The number of hydrogen-bond acceptors (Lipinski definition) is 6.